The Morgan fingerprint density at radius 2 is 1.94 bits per heavy atom. The Morgan fingerprint density at radius 1 is 1.19 bits per heavy atom. The Kier molecular flexibility index (Phi) is 6.88. The number of aromatic nitrogens is 3. The number of phenolic OH excluding ortho intramolecular Hbond substituents is 1. The monoisotopic (exact) mass is 513 g/mol. The first kappa shape index (κ1) is 22.4. The number of hydrogen-bond acceptors (Lipinski definition) is 5. The lowest BCUT2D eigenvalue weighted by atomic mass is 10.1. The van der Waals surface area contributed by atoms with Crippen molar-refractivity contribution in [2.24, 2.45) is 0 Å². The first-order chi connectivity index (χ1) is 15.5. The smallest absolute Gasteiger partial charge is 0.172 e. The molecule has 0 fully saturated rings. The van der Waals surface area contributed by atoms with Crippen LogP contribution in [0.1, 0.15) is 12.0 Å². The first-order valence-corrected chi connectivity index (χ1v) is 12.1. The van der Waals surface area contributed by atoms with Gasteiger partial charge in [0.2, 0.25) is 0 Å². The van der Waals surface area contributed by atoms with E-state index in [0.29, 0.717) is 18.0 Å². The fraction of sp³-hybridized carbons (Fsp3) is 0.217. The maximum Gasteiger partial charge on any atom is 0.172 e. The third kappa shape index (κ3) is 4.69. The SMILES string of the molecule is Cc1ccccc1-c1cc(NCCCN(C)S(=O)c2ccccc2O)n2ncc(Br)c2n1. The maximum atomic E-state index is 12.7. The van der Waals surface area contributed by atoms with Gasteiger partial charge in [-0.2, -0.15) is 9.61 Å². The van der Waals surface area contributed by atoms with Gasteiger partial charge in [0.25, 0.3) is 0 Å². The van der Waals surface area contributed by atoms with Gasteiger partial charge < -0.3 is 10.4 Å². The molecule has 1 atom stereocenters. The van der Waals surface area contributed by atoms with Crippen LogP contribution in [0.5, 0.6) is 5.75 Å². The molecule has 0 saturated carbocycles. The molecule has 4 aromatic rings. The van der Waals surface area contributed by atoms with Gasteiger partial charge in [0.15, 0.2) is 5.65 Å². The van der Waals surface area contributed by atoms with Crippen LogP contribution in [0.4, 0.5) is 5.82 Å². The molecular weight excluding hydrogens is 490 g/mol. The second kappa shape index (κ2) is 9.81. The van der Waals surface area contributed by atoms with Crippen molar-refractivity contribution in [2.75, 3.05) is 25.5 Å². The summed E-state index contributed by atoms with van der Waals surface area (Å²) in [4.78, 5) is 5.21. The highest BCUT2D eigenvalue weighted by Gasteiger charge is 2.15. The molecule has 9 heteroatoms. The van der Waals surface area contributed by atoms with Crippen LogP contribution in [0.3, 0.4) is 0 Å². The van der Waals surface area contributed by atoms with Crippen molar-refractivity contribution in [3.05, 3.63) is 70.8 Å². The Balaban J connectivity index is 1.47. The van der Waals surface area contributed by atoms with Crippen molar-refractivity contribution in [2.45, 2.75) is 18.2 Å². The van der Waals surface area contributed by atoms with Crippen LogP contribution in [-0.2, 0) is 11.0 Å². The first-order valence-electron chi connectivity index (χ1n) is 10.2. The average Bonchev–Trinajstić information content (AvgIpc) is 3.17. The van der Waals surface area contributed by atoms with E-state index in [4.69, 9.17) is 4.98 Å². The van der Waals surface area contributed by atoms with Crippen molar-refractivity contribution >= 4 is 38.4 Å². The molecule has 0 saturated heterocycles. The Labute approximate surface area is 197 Å². The quantitative estimate of drug-likeness (QED) is 0.335. The molecule has 0 aliphatic rings. The summed E-state index contributed by atoms with van der Waals surface area (Å²) in [6.07, 6.45) is 2.49. The highest BCUT2D eigenvalue weighted by molar-refractivity contribution is 9.10. The molecule has 0 spiro atoms. The molecule has 1 unspecified atom stereocenters. The second-order valence-electron chi connectivity index (χ2n) is 7.42. The number of nitrogens with one attached hydrogen (secondary N) is 1. The summed E-state index contributed by atoms with van der Waals surface area (Å²) in [5, 5.41) is 17.8. The van der Waals surface area contributed by atoms with Gasteiger partial charge in [-0.1, -0.05) is 36.4 Å². The van der Waals surface area contributed by atoms with E-state index >= 15 is 0 Å². The van der Waals surface area contributed by atoms with Crippen molar-refractivity contribution in [3.8, 4) is 17.0 Å². The number of halogens is 1. The number of nitrogens with zero attached hydrogens (tertiary/aromatic N) is 4. The van der Waals surface area contributed by atoms with Crippen LogP contribution in [0.25, 0.3) is 16.9 Å². The maximum absolute atomic E-state index is 12.7. The Bertz CT molecular complexity index is 1280. The Hall–Kier alpha value is -2.75. The minimum atomic E-state index is -1.42. The third-order valence-corrected chi connectivity index (χ3v) is 7.17. The minimum Gasteiger partial charge on any atom is -0.507 e. The zero-order valence-electron chi connectivity index (χ0n) is 17.8. The van der Waals surface area contributed by atoms with E-state index in [-0.39, 0.29) is 5.75 Å². The molecule has 0 radical (unpaired) electrons. The largest absolute Gasteiger partial charge is 0.507 e. The van der Waals surface area contributed by atoms with Crippen molar-refractivity contribution in [3.63, 3.8) is 0 Å². The van der Waals surface area contributed by atoms with Crippen LogP contribution < -0.4 is 5.32 Å². The Morgan fingerprint density at radius 3 is 2.72 bits per heavy atom. The molecule has 4 rings (SSSR count). The number of aromatic hydroxyl groups is 1. The molecule has 32 heavy (non-hydrogen) atoms. The van der Waals surface area contributed by atoms with Crippen LogP contribution in [0.2, 0.25) is 0 Å². The molecule has 0 amide bonds. The number of fused-ring (bicyclic) bond motifs is 1. The van der Waals surface area contributed by atoms with Crippen molar-refractivity contribution < 1.29 is 9.32 Å². The van der Waals surface area contributed by atoms with E-state index < -0.39 is 11.0 Å². The molecule has 0 bridgehead atoms. The van der Waals surface area contributed by atoms with Gasteiger partial charge in [-0.25, -0.2) is 13.5 Å². The molecule has 166 valence electrons. The van der Waals surface area contributed by atoms with Crippen LogP contribution in [-0.4, -0.2) is 48.4 Å². The van der Waals surface area contributed by atoms with Gasteiger partial charge in [-0.3, -0.25) is 0 Å². The number of hydrogen-bond donors (Lipinski definition) is 2. The molecule has 2 N–H and O–H groups in total. The molecular formula is C23H24BrN5O2S. The van der Waals surface area contributed by atoms with Gasteiger partial charge in [0.05, 0.1) is 21.3 Å². The average molecular weight is 514 g/mol. The summed E-state index contributed by atoms with van der Waals surface area (Å²) in [6, 6.07) is 16.9. The van der Waals surface area contributed by atoms with Gasteiger partial charge in [-0.15, -0.1) is 0 Å². The predicted octanol–water partition coefficient (Wildman–Crippen LogP) is 4.63. The van der Waals surface area contributed by atoms with Crippen LogP contribution >= 0.6 is 15.9 Å². The second-order valence-corrected chi connectivity index (χ2v) is 9.83. The van der Waals surface area contributed by atoms with Gasteiger partial charge in [0.1, 0.15) is 22.6 Å². The van der Waals surface area contributed by atoms with E-state index in [0.717, 1.165) is 39.2 Å². The topological polar surface area (TPSA) is 82.8 Å². The lowest BCUT2D eigenvalue weighted by molar-refractivity contribution is 0.455. The number of benzene rings is 2. The van der Waals surface area contributed by atoms with Gasteiger partial charge in [0, 0.05) is 31.8 Å². The molecule has 7 nitrogen and oxygen atoms in total. The van der Waals surface area contributed by atoms with E-state index in [2.05, 4.69) is 45.4 Å². The zero-order valence-corrected chi connectivity index (χ0v) is 20.2. The third-order valence-electron chi connectivity index (χ3n) is 5.14. The highest BCUT2D eigenvalue weighted by Crippen LogP contribution is 2.28. The van der Waals surface area contributed by atoms with E-state index in [9.17, 15) is 9.32 Å². The molecule has 2 heterocycles. The van der Waals surface area contributed by atoms with Crippen LogP contribution in [0, 0.1) is 6.92 Å². The number of phenols is 1. The number of aryl methyl sites for hydroxylation is 1. The summed E-state index contributed by atoms with van der Waals surface area (Å²) in [7, 11) is 0.370. The predicted molar refractivity (Wildman–Crippen MR) is 131 cm³/mol. The molecule has 2 aromatic heterocycles. The lowest BCUT2D eigenvalue weighted by Gasteiger charge is -2.17. The fourth-order valence-electron chi connectivity index (χ4n) is 3.43. The molecule has 0 aliphatic heterocycles. The molecule has 0 aliphatic carbocycles. The minimum absolute atomic E-state index is 0.0444. The summed E-state index contributed by atoms with van der Waals surface area (Å²) in [6.45, 7) is 3.32. The summed E-state index contributed by atoms with van der Waals surface area (Å²) in [5.74, 6) is 0.881. The van der Waals surface area contributed by atoms with Crippen molar-refractivity contribution in [1.82, 2.24) is 18.9 Å². The van der Waals surface area contributed by atoms with Crippen LogP contribution in [0.15, 0.2) is 70.2 Å². The zero-order chi connectivity index (χ0) is 22.7. The van der Waals surface area contributed by atoms with E-state index in [1.807, 2.05) is 18.2 Å². The summed E-state index contributed by atoms with van der Waals surface area (Å²) >= 11 is 3.54. The number of rotatable bonds is 8. The van der Waals surface area contributed by atoms with E-state index in [1.165, 1.54) is 0 Å². The summed E-state index contributed by atoms with van der Waals surface area (Å²) in [5.41, 5.74) is 3.84. The summed E-state index contributed by atoms with van der Waals surface area (Å²) < 4.78 is 17.0. The van der Waals surface area contributed by atoms with Gasteiger partial charge >= 0.3 is 0 Å². The highest BCUT2D eigenvalue weighted by atomic mass is 79.9. The van der Waals surface area contributed by atoms with E-state index in [1.54, 1.807) is 46.3 Å². The molecule has 2 aromatic carbocycles. The number of anilines is 1. The fourth-order valence-corrected chi connectivity index (χ4v) is 4.85. The van der Waals surface area contributed by atoms with Crippen molar-refractivity contribution in [1.29, 1.82) is 0 Å². The standard InChI is InChI=1S/C23H24BrN5O2S/c1-16-8-3-4-9-17(16)19-14-22(29-23(27-19)18(24)15-26-29)25-12-7-13-28(2)32(31)21-11-6-5-10-20(21)30/h3-6,8-11,14-15,25,30H,7,12-13H2,1-2H3. The van der Waals surface area contributed by atoms with Gasteiger partial charge in [-0.05, 0) is 47.0 Å². The number of para-hydroxylation sites is 1. The normalized spacial score (nSPS) is 12.4. The lowest BCUT2D eigenvalue weighted by Crippen LogP contribution is -2.24.